The molecule has 0 aromatic rings. The van der Waals surface area contributed by atoms with E-state index in [2.05, 4.69) is 41.5 Å². The highest BCUT2D eigenvalue weighted by atomic mass is 14.4. The average Bonchev–Trinajstić information content (AvgIpc) is 3.25. The molecule has 0 saturated heterocycles. The van der Waals surface area contributed by atoms with Crippen LogP contribution in [0.5, 0.6) is 0 Å². The summed E-state index contributed by atoms with van der Waals surface area (Å²) in [5.74, 6) is 4.09. The third kappa shape index (κ3) is 4.78. The van der Waals surface area contributed by atoms with Crippen molar-refractivity contribution in [1.29, 1.82) is 0 Å². The normalized spacial score (nSPS) is 27.9. The van der Waals surface area contributed by atoms with Crippen LogP contribution < -0.4 is 0 Å². The first kappa shape index (κ1) is 18.1. The van der Waals surface area contributed by atoms with Crippen LogP contribution >= 0.6 is 0 Å². The Hall–Kier alpha value is 0. The Morgan fingerprint density at radius 2 is 1.75 bits per heavy atom. The molecule has 1 saturated carbocycles. The van der Waals surface area contributed by atoms with E-state index < -0.39 is 0 Å². The lowest BCUT2D eigenvalue weighted by molar-refractivity contribution is 0.163. The van der Waals surface area contributed by atoms with Crippen molar-refractivity contribution in [2.45, 2.75) is 99.3 Å². The van der Waals surface area contributed by atoms with E-state index in [1.165, 1.54) is 57.8 Å². The van der Waals surface area contributed by atoms with E-state index in [9.17, 15) is 0 Å². The molecule has 0 bridgehead atoms. The summed E-state index contributed by atoms with van der Waals surface area (Å²) in [4.78, 5) is 0. The van der Waals surface area contributed by atoms with Crippen LogP contribution in [0, 0.1) is 29.1 Å². The molecule has 0 heterocycles. The van der Waals surface area contributed by atoms with Gasteiger partial charge in [0.25, 0.3) is 0 Å². The summed E-state index contributed by atoms with van der Waals surface area (Å²) >= 11 is 0. The summed E-state index contributed by atoms with van der Waals surface area (Å²) < 4.78 is 0. The molecule has 0 aromatic carbocycles. The molecule has 0 amide bonds. The highest BCUT2D eigenvalue weighted by molar-refractivity contribution is 4.89. The van der Waals surface area contributed by atoms with E-state index in [4.69, 9.17) is 0 Å². The van der Waals surface area contributed by atoms with Crippen molar-refractivity contribution in [3.05, 3.63) is 0 Å². The van der Waals surface area contributed by atoms with Crippen LogP contribution in [-0.4, -0.2) is 0 Å². The van der Waals surface area contributed by atoms with Crippen molar-refractivity contribution in [2.75, 3.05) is 0 Å². The zero-order valence-electron chi connectivity index (χ0n) is 15.2. The molecule has 0 aliphatic heterocycles. The third-order valence-electron chi connectivity index (χ3n) is 6.81. The molecule has 0 aromatic heterocycles. The fraction of sp³-hybridized carbons (Fsp3) is 1.00. The fourth-order valence-corrected chi connectivity index (χ4v) is 4.24. The lowest BCUT2D eigenvalue weighted by atomic mass is 9.71. The van der Waals surface area contributed by atoms with Crippen molar-refractivity contribution >= 4 is 0 Å². The number of hydrogen-bond donors (Lipinski definition) is 0. The average molecular weight is 281 g/mol. The summed E-state index contributed by atoms with van der Waals surface area (Å²) in [5.41, 5.74) is 0.585. The molecule has 0 nitrogen and oxygen atoms in total. The highest BCUT2D eigenvalue weighted by Crippen LogP contribution is 2.49. The molecule has 1 aliphatic rings. The summed E-state index contributed by atoms with van der Waals surface area (Å²) in [6.45, 7) is 14.5. The van der Waals surface area contributed by atoms with Gasteiger partial charge >= 0.3 is 0 Å². The Bertz CT molecular complexity index is 257. The second-order valence-corrected chi connectivity index (χ2v) is 7.80. The van der Waals surface area contributed by atoms with Gasteiger partial charge in [-0.2, -0.15) is 0 Å². The molecule has 0 heteroatoms. The van der Waals surface area contributed by atoms with Gasteiger partial charge in [0.15, 0.2) is 0 Å². The molecule has 0 radical (unpaired) electrons. The minimum absolute atomic E-state index is 0.585. The number of rotatable bonds is 11. The predicted molar refractivity (Wildman–Crippen MR) is 92.0 cm³/mol. The van der Waals surface area contributed by atoms with E-state index in [-0.39, 0.29) is 0 Å². The van der Waals surface area contributed by atoms with Crippen molar-refractivity contribution in [2.24, 2.45) is 29.1 Å². The van der Waals surface area contributed by atoms with Crippen molar-refractivity contribution in [3.63, 3.8) is 0 Å². The monoisotopic (exact) mass is 280 g/mol. The van der Waals surface area contributed by atoms with Crippen LogP contribution in [0.4, 0.5) is 0 Å². The highest BCUT2D eigenvalue weighted by Gasteiger charge is 2.40. The van der Waals surface area contributed by atoms with Crippen LogP contribution in [-0.2, 0) is 0 Å². The van der Waals surface area contributed by atoms with Crippen LogP contribution in [0.1, 0.15) is 99.3 Å². The molecule has 120 valence electrons. The molecule has 5 unspecified atom stereocenters. The van der Waals surface area contributed by atoms with Gasteiger partial charge in [-0.1, -0.05) is 86.5 Å². The van der Waals surface area contributed by atoms with Gasteiger partial charge in [0, 0.05) is 0 Å². The second kappa shape index (κ2) is 8.44. The predicted octanol–water partition coefficient (Wildman–Crippen LogP) is 7.08. The quantitative estimate of drug-likeness (QED) is 0.355. The first-order valence-electron chi connectivity index (χ1n) is 9.52. The van der Waals surface area contributed by atoms with E-state index in [0.717, 1.165) is 23.7 Å². The van der Waals surface area contributed by atoms with Gasteiger partial charge < -0.3 is 0 Å². The zero-order chi connectivity index (χ0) is 15.2. The Kier molecular flexibility index (Phi) is 7.62. The van der Waals surface area contributed by atoms with E-state index in [1.807, 2.05) is 0 Å². The molecule has 1 aliphatic carbocycles. The van der Waals surface area contributed by atoms with Gasteiger partial charge in [0.2, 0.25) is 0 Å². The standard InChI is InChI=1S/C20H40/c1-7-16(5)20(6,10-4)14-12-11-13-17(8-2)19-15-18(19)9-3/h16-19H,7-15H2,1-6H3. The van der Waals surface area contributed by atoms with Gasteiger partial charge in [-0.15, -0.1) is 0 Å². The Morgan fingerprint density at radius 1 is 1.05 bits per heavy atom. The van der Waals surface area contributed by atoms with Crippen molar-refractivity contribution in [1.82, 2.24) is 0 Å². The van der Waals surface area contributed by atoms with Gasteiger partial charge in [-0.3, -0.25) is 0 Å². The fourth-order valence-electron chi connectivity index (χ4n) is 4.24. The summed E-state index contributed by atoms with van der Waals surface area (Å²) in [6, 6.07) is 0. The maximum absolute atomic E-state index is 2.52. The lowest BCUT2D eigenvalue weighted by Crippen LogP contribution is -2.24. The molecule has 5 atom stereocenters. The first-order valence-corrected chi connectivity index (χ1v) is 9.52. The van der Waals surface area contributed by atoms with Crippen molar-refractivity contribution < 1.29 is 0 Å². The second-order valence-electron chi connectivity index (χ2n) is 7.80. The SMILES string of the molecule is CCC(CCCCC(C)(CC)C(C)CC)C1CC1CC. The van der Waals surface area contributed by atoms with Gasteiger partial charge in [-0.05, 0) is 41.9 Å². The Balaban J connectivity index is 2.26. The Morgan fingerprint density at radius 3 is 2.20 bits per heavy atom. The van der Waals surface area contributed by atoms with Crippen LogP contribution in [0.25, 0.3) is 0 Å². The number of unbranched alkanes of at least 4 members (excludes halogenated alkanes) is 1. The van der Waals surface area contributed by atoms with Gasteiger partial charge in [-0.25, -0.2) is 0 Å². The van der Waals surface area contributed by atoms with E-state index in [1.54, 1.807) is 0 Å². The number of hydrogen-bond acceptors (Lipinski definition) is 0. The van der Waals surface area contributed by atoms with Crippen LogP contribution in [0.15, 0.2) is 0 Å². The minimum Gasteiger partial charge on any atom is -0.0651 e. The minimum atomic E-state index is 0.585. The molecule has 0 spiro atoms. The molecule has 0 N–H and O–H groups in total. The first-order chi connectivity index (χ1) is 9.52. The lowest BCUT2D eigenvalue weighted by Gasteiger charge is -2.34. The third-order valence-corrected chi connectivity index (χ3v) is 6.81. The van der Waals surface area contributed by atoms with Crippen LogP contribution in [0.2, 0.25) is 0 Å². The maximum atomic E-state index is 2.52. The topological polar surface area (TPSA) is 0 Å². The molecule has 1 fully saturated rings. The van der Waals surface area contributed by atoms with E-state index in [0.29, 0.717) is 5.41 Å². The smallest absolute Gasteiger partial charge is 0.0303 e. The molecule has 1 rings (SSSR count). The largest absolute Gasteiger partial charge is 0.0651 e. The van der Waals surface area contributed by atoms with Crippen LogP contribution in [0.3, 0.4) is 0 Å². The van der Waals surface area contributed by atoms with Gasteiger partial charge in [0.1, 0.15) is 0 Å². The molecule has 20 heavy (non-hydrogen) atoms. The summed E-state index contributed by atoms with van der Waals surface area (Å²) in [7, 11) is 0. The molecular weight excluding hydrogens is 240 g/mol. The zero-order valence-corrected chi connectivity index (χ0v) is 15.2. The Labute approximate surface area is 129 Å². The maximum Gasteiger partial charge on any atom is -0.0303 e. The van der Waals surface area contributed by atoms with Crippen molar-refractivity contribution in [3.8, 4) is 0 Å². The van der Waals surface area contributed by atoms with E-state index >= 15 is 0 Å². The van der Waals surface area contributed by atoms with Gasteiger partial charge in [0.05, 0.1) is 0 Å². The summed E-state index contributed by atoms with van der Waals surface area (Å²) in [6.07, 6.45) is 12.9. The summed E-state index contributed by atoms with van der Waals surface area (Å²) in [5, 5.41) is 0. The molecular formula is C20H40.